The summed E-state index contributed by atoms with van der Waals surface area (Å²) in [6, 6.07) is 9.02. The molecular weight excluding hydrogens is 200 g/mol. The predicted molar refractivity (Wildman–Crippen MR) is 62.3 cm³/mol. The van der Waals surface area contributed by atoms with Crippen LogP contribution in [0.4, 0.5) is 0 Å². The highest BCUT2D eigenvalue weighted by Crippen LogP contribution is 2.32. The maximum atomic E-state index is 12.3. The Labute approximate surface area is 95.0 Å². The van der Waals surface area contributed by atoms with Crippen LogP contribution in [0, 0.1) is 5.41 Å². The third kappa shape index (κ3) is 1.83. The summed E-state index contributed by atoms with van der Waals surface area (Å²) in [6.07, 6.45) is 6.96. The molecule has 0 radical (unpaired) electrons. The summed E-state index contributed by atoms with van der Waals surface area (Å²) in [6.45, 7) is 0. The van der Waals surface area contributed by atoms with Crippen LogP contribution in [-0.2, 0) is 4.79 Å². The Morgan fingerprint density at radius 2 is 2.00 bits per heavy atom. The van der Waals surface area contributed by atoms with Crippen LogP contribution >= 0.6 is 0 Å². The van der Waals surface area contributed by atoms with Gasteiger partial charge in [-0.15, -0.1) is 0 Å². The molecule has 0 saturated carbocycles. The fraction of sp³-hybridized carbons (Fsp3) is 0.286. The molecule has 0 spiro atoms. The van der Waals surface area contributed by atoms with Crippen molar-refractivity contribution in [3.8, 4) is 0 Å². The molecule has 0 bridgehead atoms. The number of benzene rings is 1. The van der Waals surface area contributed by atoms with Gasteiger partial charge in [0, 0.05) is 5.56 Å². The predicted octanol–water partition coefficient (Wildman–Crippen LogP) is 2.79. The number of ketones is 1. The van der Waals surface area contributed by atoms with Crippen molar-refractivity contribution in [1.29, 1.82) is 0 Å². The minimum absolute atomic E-state index is 0.0842. The van der Waals surface area contributed by atoms with Crippen molar-refractivity contribution < 1.29 is 9.59 Å². The number of hydrogen-bond acceptors (Lipinski definition) is 2. The number of hydrogen-bond donors (Lipinski definition) is 0. The van der Waals surface area contributed by atoms with Gasteiger partial charge in [0.1, 0.15) is 11.7 Å². The normalized spacial score (nSPS) is 24.0. The standard InChI is InChI=1S/C14H14O2/c15-11-14(9-5-2-6-10-14)13(16)12-7-3-1-4-8-12/h1,3-5,7-9,11H,2,6,10H2. The van der Waals surface area contributed by atoms with Gasteiger partial charge in [-0.2, -0.15) is 0 Å². The quantitative estimate of drug-likeness (QED) is 0.335. The first-order valence-corrected chi connectivity index (χ1v) is 5.52. The Bertz CT molecular complexity index is 420. The van der Waals surface area contributed by atoms with Crippen LogP contribution in [0.2, 0.25) is 0 Å². The summed E-state index contributed by atoms with van der Waals surface area (Å²) < 4.78 is 0. The lowest BCUT2D eigenvalue weighted by atomic mass is 9.75. The van der Waals surface area contributed by atoms with E-state index < -0.39 is 5.41 Å². The summed E-state index contributed by atoms with van der Waals surface area (Å²) in [5.41, 5.74) is -0.305. The molecule has 2 rings (SSSR count). The van der Waals surface area contributed by atoms with Gasteiger partial charge in [-0.25, -0.2) is 0 Å². The van der Waals surface area contributed by atoms with Gasteiger partial charge in [0.25, 0.3) is 0 Å². The van der Waals surface area contributed by atoms with Gasteiger partial charge < -0.3 is 4.79 Å². The minimum Gasteiger partial charge on any atom is -0.302 e. The zero-order valence-corrected chi connectivity index (χ0v) is 9.06. The number of rotatable bonds is 3. The third-order valence-electron chi connectivity index (χ3n) is 3.05. The summed E-state index contributed by atoms with van der Waals surface area (Å²) in [4.78, 5) is 23.5. The SMILES string of the molecule is O=CC1(C(=O)c2ccccc2)C=CCCC1. The van der Waals surface area contributed by atoms with Gasteiger partial charge in [-0.05, 0) is 19.3 Å². The molecule has 0 saturated heterocycles. The molecule has 1 aromatic carbocycles. The maximum Gasteiger partial charge on any atom is 0.179 e. The molecule has 0 aliphatic heterocycles. The Kier molecular flexibility index (Phi) is 3.00. The summed E-state index contributed by atoms with van der Waals surface area (Å²) >= 11 is 0. The average molecular weight is 214 g/mol. The molecule has 1 unspecified atom stereocenters. The number of Topliss-reactive ketones (excluding diaryl/α,β-unsaturated/α-hetero) is 1. The molecule has 0 aromatic heterocycles. The molecule has 16 heavy (non-hydrogen) atoms. The van der Waals surface area contributed by atoms with E-state index in [0.717, 1.165) is 19.1 Å². The van der Waals surface area contributed by atoms with E-state index in [-0.39, 0.29) is 5.78 Å². The first kappa shape index (κ1) is 10.8. The second kappa shape index (κ2) is 4.44. The van der Waals surface area contributed by atoms with Crippen LogP contribution in [0.15, 0.2) is 42.5 Å². The van der Waals surface area contributed by atoms with Gasteiger partial charge in [0.05, 0.1) is 0 Å². The molecule has 0 heterocycles. The van der Waals surface area contributed by atoms with E-state index in [1.807, 2.05) is 24.3 Å². The highest BCUT2D eigenvalue weighted by molar-refractivity contribution is 6.10. The molecule has 1 aliphatic rings. The fourth-order valence-corrected chi connectivity index (χ4v) is 2.09. The average Bonchev–Trinajstić information content (AvgIpc) is 2.39. The molecule has 82 valence electrons. The van der Waals surface area contributed by atoms with Crippen molar-refractivity contribution in [2.75, 3.05) is 0 Å². The van der Waals surface area contributed by atoms with E-state index in [2.05, 4.69) is 0 Å². The molecule has 0 amide bonds. The Hall–Kier alpha value is -1.70. The van der Waals surface area contributed by atoms with E-state index in [1.54, 1.807) is 18.2 Å². The van der Waals surface area contributed by atoms with E-state index in [1.165, 1.54) is 0 Å². The van der Waals surface area contributed by atoms with Crippen molar-refractivity contribution in [2.24, 2.45) is 5.41 Å². The Morgan fingerprint density at radius 1 is 1.25 bits per heavy atom. The van der Waals surface area contributed by atoms with Crippen molar-refractivity contribution in [3.63, 3.8) is 0 Å². The first-order chi connectivity index (χ1) is 7.78. The Balaban J connectivity index is 2.36. The van der Waals surface area contributed by atoms with E-state index in [9.17, 15) is 9.59 Å². The van der Waals surface area contributed by atoms with Gasteiger partial charge in [-0.3, -0.25) is 4.79 Å². The molecule has 1 aromatic rings. The molecule has 2 heteroatoms. The van der Waals surface area contributed by atoms with Crippen LogP contribution in [0.3, 0.4) is 0 Å². The van der Waals surface area contributed by atoms with Crippen LogP contribution < -0.4 is 0 Å². The third-order valence-corrected chi connectivity index (χ3v) is 3.05. The topological polar surface area (TPSA) is 34.1 Å². The number of carbonyl (C=O) groups excluding carboxylic acids is 2. The first-order valence-electron chi connectivity index (χ1n) is 5.52. The summed E-state index contributed by atoms with van der Waals surface area (Å²) in [5, 5.41) is 0. The second-order valence-electron chi connectivity index (χ2n) is 4.15. The monoisotopic (exact) mass is 214 g/mol. The number of allylic oxidation sites excluding steroid dienone is 2. The van der Waals surface area contributed by atoms with E-state index >= 15 is 0 Å². The maximum absolute atomic E-state index is 12.3. The zero-order valence-electron chi connectivity index (χ0n) is 9.06. The lowest BCUT2D eigenvalue weighted by molar-refractivity contribution is -0.112. The smallest absolute Gasteiger partial charge is 0.179 e. The zero-order chi connectivity index (χ0) is 11.4. The summed E-state index contributed by atoms with van der Waals surface area (Å²) in [5.74, 6) is -0.0842. The fourth-order valence-electron chi connectivity index (χ4n) is 2.09. The molecular formula is C14H14O2. The molecule has 1 atom stereocenters. The second-order valence-corrected chi connectivity index (χ2v) is 4.15. The highest BCUT2D eigenvalue weighted by Gasteiger charge is 2.36. The largest absolute Gasteiger partial charge is 0.302 e. The van der Waals surface area contributed by atoms with Gasteiger partial charge >= 0.3 is 0 Å². The Morgan fingerprint density at radius 3 is 2.56 bits per heavy atom. The minimum atomic E-state index is -0.917. The van der Waals surface area contributed by atoms with Gasteiger partial charge in [-0.1, -0.05) is 42.5 Å². The molecule has 0 fully saturated rings. The van der Waals surface area contributed by atoms with Crippen LogP contribution in [0.1, 0.15) is 29.6 Å². The van der Waals surface area contributed by atoms with Gasteiger partial charge in [0.2, 0.25) is 0 Å². The summed E-state index contributed by atoms with van der Waals surface area (Å²) in [7, 11) is 0. The van der Waals surface area contributed by atoms with Crippen LogP contribution in [0.25, 0.3) is 0 Å². The number of aldehydes is 1. The van der Waals surface area contributed by atoms with Crippen molar-refractivity contribution >= 4 is 12.1 Å². The molecule has 0 N–H and O–H groups in total. The van der Waals surface area contributed by atoms with E-state index in [0.29, 0.717) is 12.0 Å². The lowest BCUT2D eigenvalue weighted by Crippen LogP contribution is -2.32. The van der Waals surface area contributed by atoms with E-state index in [4.69, 9.17) is 0 Å². The van der Waals surface area contributed by atoms with Crippen LogP contribution in [-0.4, -0.2) is 12.1 Å². The van der Waals surface area contributed by atoms with Crippen molar-refractivity contribution in [1.82, 2.24) is 0 Å². The van der Waals surface area contributed by atoms with Gasteiger partial charge in [0.15, 0.2) is 5.78 Å². The van der Waals surface area contributed by atoms with Crippen LogP contribution in [0.5, 0.6) is 0 Å². The van der Waals surface area contributed by atoms with Crippen molar-refractivity contribution in [3.05, 3.63) is 48.0 Å². The van der Waals surface area contributed by atoms with Crippen molar-refractivity contribution in [2.45, 2.75) is 19.3 Å². The highest BCUT2D eigenvalue weighted by atomic mass is 16.1. The molecule has 1 aliphatic carbocycles. The molecule has 2 nitrogen and oxygen atoms in total. The number of carbonyl (C=O) groups is 2. The lowest BCUT2D eigenvalue weighted by Gasteiger charge is -2.25.